The summed E-state index contributed by atoms with van der Waals surface area (Å²) in [5, 5.41) is 20.5. The van der Waals surface area contributed by atoms with Crippen LogP contribution in [0.5, 0.6) is 0 Å². The summed E-state index contributed by atoms with van der Waals surface area (Å²) >= 11 is 0. The van der Waals surface area contributed by atoms with Crippen LogP contribution >= 0.6 is 0 Å². The highest BCUT2D eigenvalue weighted by Crippen LogP contribution is 2.21. The van der Waals surface area contributed by atoms with Crippen molar-refractivity contribution < 1.29 is 18.7 Å². The normalized spacial score (nSPS) is 13.7. The minimum Gasteiger partial charge on any atom is -0.411 e. The molecule has 0 saturated carbocycles. The van der Waals surface area contributed by atoms with E-state index in [1.54, 1.807) is 12.1 Å². The zero-order chi connectivity index (χ0) is 16.9. The molecule has 0 aliphatic carbocycles. The van der Waals surface area contributed by atoms with Crippen molar-refractivity contribution >= 4 is 15.5 Å². The van der Waals surface area contributed by atoms with Gasteiger partial charge < -0.3 is 10.3 Å². The van der Waals surface area contributed by atoms with E-state index in [0.29, 0.717) is 5.56 Å². The van der Waals surface area contributed by atoms with E-state index in [0.717, 1.165) is 11.1 Å². The molecule has 0 spiro atoms. The monoisotopic (exact) mass is 333 g/mol. The molecular weight excluding hydrogens is 314 g/mol. The number of sulfone groups is 1. The van der Waals surface area contributed by atoms with Crippen LogP contribution < -0.4 is 0 Å². The number of hydrogen-bond donors (Lipinski definition) is 2. The Balaban J connectivity index is 2.37. The molecule has 1 atom stereocenters. The predicted molar refractivity (Wildman–Crippen MR) is 90.5 cm³/mol. The van der Waals surface area contributed by atoms with Gasteiger partial charge in [0.1, 0.15) is 11.0 Å². The molecule has 0 saturated heterocycles. The fourth-order valence-corrected chi connectivity index (χ4v) is 3.50. The Bertz CT molecular complexity index is 768. The predicted octanol–water partition coefficient (Wildman–Crippen LogP) is 2.33. The van der Waals surface area contributed by atoms with Crippen molar-refractivity contribution in [2.75, 3.05) is 12.4 Å². The molecule has 5 nitrogen and oxygen atoms in total. The quantitative estimate of drug-likeness (QED) is 0.482. The molecule has 6 heteroatoms. The average Bonchev–Trinajstić information content (AvgIpc) is 2.60. The van der Waals surface area contributed by atoms with Gasteiger partial charge in [-0.25, -0.2) is 8.42 Å². The van der Waals surface area contributed by atoms with E-state index in [1.807, 2.05) is 42.5 Å². The molecule has 2 aromatic carbocycles. The maximum Gasteiger partial charge on any atom is 0.161 e. The largest absolute Gasteiger partial charge is 0.411 e. The molecule has 0 bridgehead atoms. The average molecular weight is 333 g/mol. The number of benzene rings is 2. The Morgan fingerprint density at radius 1 is 1.04 bits per heavy atom. The molecule has 0 heterocycles. The van der Waals surface area contributed by atoms with E-state index in [2.05, 4.69) is 5.16 Å². The Morgan fingerprint density at radius 3 is 2.09 bits per heavy atom. The highest BCUT2D eigenvalue weighted by atomic mass is 32.2. The fourth-order valence-electron chi connectivity index (χ4n) is 2.34. The summed E-state index contributed by atoms with van der Waals surface area (Å²) in [6, 6.07) is 16.7. The maximum absolute atomic E-state index is 12.0. The van der Waals surface area contributed by atoms with Crippen molar-refractivity contribution in [3.8, 4) is 11.1 Å². The molecule has 0 aliphatic rings. The summed E-state index contributed by atoms with van der Waals surface area (Å²) in [4.78, 5) is 0. The SMILES string of the molecule is CCS(=O)(=O)[C@@H](CO)/C(=N\O)c1ccc(-c2ccccc2)cc1. The van der Waals surface area contributed by atoms with Crippen molar-refractivity contribution in [1.82, 2.24) is 0 Å². The van der Waals surface area contributed by atoms with E-state index >= 15 is 0 Å². The summed E-state index contributed by atoms with van der Waals surface area (Å²) in [6.45, 7) is 0.863. The van der Waals surface area contributed by atoms with E-state index in [-0.39, 0.29) is 11.5 Å². The molecule has 0 unspecified atom stereocenters. The number of aliphatic hydroxyl groups excluding tert-OH is 1. The van der Waals surface area contributed by atoms with Gasteiger partial charge in [-0.3, -0.25) is 0 Å². The summed E-state index contributed by atoms with van der Waals surface area (Å²) in [6.07, 6.45) is 0. The first kappa shape index (κ1) is 17.2. The highest BCUT2D eigenvalue weighted by Gasteiger charge is 2.30. The van der Waals surface area contributed by atoms with Gasteiger partial charge in [-0.15, -0.1) is 0 Å². The van der Waals surface area contributed by atoms with Gasteiger partial charge in [0, 0.05) is 11.3 Å². The standard InChI is InChI=1S/C17H19NO4S/c1-2-23(21,22)16(12-19)17(18-20)15-10-8-14(9-11-15)13-6-4-3-5-7-13/h3-11,16,19-20H,2,12H2,1H3/b18-17-/t16-/m0/s1. The lowest BCUT2D eigenvalue weighted by Crippen LogP contribution is -2.35. The van der Waals surface area contributed by atoms with Gasteiger partial charge in [0.2, 0.25) is 0 Å². The fraction of sp³-hybridized carbons (Fsp3) is 0.235. The van der Waals surface area contributed by atoms with Crippen LogP contribution in [0.3, 0.4) is 0 Å². The second kappa shape index (κ2) is 7.39. The number of hydrogen-bond acceptors (Lipinski definition) is 5. The van der Waals surface area contributed by atoms with Gasteiger partial charge >= 0.3 is 0 Å². The topological polar surface area (TPSA) is 87.0 Å². The molecule has 2 rings (SSSR count). The third kappa shape index (κ3) is 3.78. The van der Waals surface area contributed by atoms with Crippen molar-refractivity contribution in [2.24, 2.45) is 5.16 Å². The first-order valence-electron chi connectivity index (χ1n) is 7.23. The first-order valence-corrected chi connectivity index (χ1v) is 8.95. The van der Waals surface area contributed by atoms with E-state index in [9.17, 15) is 18.7 Å². The Morgan fingerprint density at radius 2 is 1.61 bits per heavy atom. The van der Waals surface area contributed by atoms with Crippen molar-refractivity contribution in [3.63, 3.8) is 0 Å². The Kier molecular flexibility index (Phi) is 5.52. The molecule has 0 aromatic heterocycles. The smallest absolute Gasteiger partial charge is 0.161 e. The molecule has 0 aliphatic heterocycles. The van der Waals surface area contributed by atoms with Crippen LogP contribution in [-0.4, -0.2) is 42.1 Å². The van der Waals surface area contributed by atoms with Crippen molar-refractivity contribution in [1.29, 1.82) is 0 Å². The summed E-state index contributed by atoms with van der Waals surface area (Å²) in [7, 11) is -3.57. The number of nitrogens with zero attached hydrogens (tertiary/aromatic N) is 1. The van der Waals surface area contributed by atoms with Crippen LogP contribution in [-0.2, 0) is 9.84 Å². The maximum atomic E-state index is 12.0. The number of rotatable bonds is 6. The second-order valence-electron chi connectivity index (χ2n) is 5.05. The minimum atomic E-state index is -3.57. The molecular formula is C17H19NO4S. The van der Waals surface area contributed by atoms with Crippen LogP contribution in [0.15, 0.2) is 59.8 Å². The lowest BCUT2D eigenvalue weighted by Gasteiger charge is -2.16. The third-order valence-electron chi connectivity index (χ3n) is 3.70. The van der Waals surface area contributed by atoms with Gasteiger partial charge in [0.05, 0.1) is 6.61 Å². The van der Waals surface area contributed by atoms with Gasteiger partial charge in [0.15, 0.2) is 9.84 Å². The summed E-state index contributed by atoms with van der Waals surface area (Å²) in [5.74, 6) is -0.140. The van der Waals surface area contributed by atoms with Crippen LogP contribution in [0.4, 0.5) is 0 Å². The van der Waals surface area contributed by atoms with Gasteiger partial charge in [-0.2, -0.15) is 0 Å². The Labute approximate surface area is 135 Å². The molecule has 0 amide bonds. The molecule has 0 radical (unpaired) electrons. The van der Waals surface area contributed by atoms with Gasteiger partial charge in [-0.05, 0) is 11.1 Å². The highest BCUT2D eigenvalue weighted by molar-refractivity contribution is 7.92. The van der Waals surface area contributed by atoms with E-state index < -0.39 is 21.7 Å². The summed E-state index contributed by atoms with van der Waals surface area (Å²) in [5.41, 5.74) is 2.41. The van der Waals surface area contributed by atoms with Crippen molar-refractivity contribution in [3.05, 3.63) is 60.2 Å². The zero-order valence-electron chi connectivity index (χ0n) is 12.8. The molecule has 2 N–H and O–H groups in total. The van der Waals surface area contributed by atoms with Gasteiger partial charge in [-0.1, -0.05) is 66.7 Å². The lowest BCUT2D eigenvalue weighted by atomic mass is 10.0. The summed E-state index contributed by atoms with van der Waals surface area (Å²) < 4.78 is 24.1. The van der Waals surface area contributed by atoms with Crippen LogP contribution in [0.1, 0.15) is 12.5 Å². The molecule has 23 heavy (non-hydrogen) atoms. The number of oxime groups is 1. The first-order chi connectivity index (χ1) is 11.0. The molecule has 2 aromatic rings. The van der Waals surface area contributed by atoms with Crippen LogP contribution in [0, 0.1) is 0 Å². The van der Waals surface area contributed by atoms with Crippen LogP contribution in [0.2, 0.25) is 0 Å². The molecule has 122 valence electrons. The van der Waals surface area contributed by atoms with E-state index in [1.165, 1.54) is 6.92 Å². The lowest BCUT2D eigenvalue weighted by molar-refractivity contribution is 0.296. The molecule has 0 fully saturated rings. The van der Waals surface area contributed by atoms with Gasteiger partial charge in [0.25, 0.3) is 0 Å². The Hall–Kier alpha value is -2.18. The number of aliphatic hydroxyl groups is 1. The minimum absolute atomic E-state index is 0.0473. The van der Waals surface area contributed by atoms with Crippen molar-refractivity contribution in [2.45, 2.75) is 12.2 Å². The third-order valence-corrected chi connectivity index (χ3v) is 5.75. The zero-order valence-corrected chi connectivity index (χ0v) is 13.6. The second-order valence-corrected chi connectivity index (χ2v) is 7.52. The van der Waals surface area contributed by atoms with E-state index in [4.69, 9.17) is 0 Å². The van der Waals surface area contributed by atoms with Crippen LogP contribution in [0.25, 0.3) is 11.1 Å².